The Morgan fingerprint density at radius 3 is 3.06 bits per heavy atom. The lowest BCUT2D eigenvalue weighted by atomic mass is 10.1. The molecule has 0 unspecified atom stereocenters. The van der Waals surface area contributed by atoms with Crippen molar-refractivity contribution in [3.05, 3.63) is 16.3 Å². The Kier molecular flexibility index (Phi) is 2.78. The van der Waals surface area contributed by atoms with Gasteiger partial charge in [-0.1, -0.05) is 0 Å². The predicted octanol–water partition coefficient (Wildman–Crippen LogP) is 0.256. The van der Waals surface area contributed by atoms with E-state index in [0.29, 0.717) is 12.4 Å². The van der Waals surface area contributed by atoms with Gasteiger partial charge in [0.1, 0.15) is 6.20 Å². The van der Waals surface area contributed by atoms with E-state index < -0.39 is 4.92 Å². The zero-order chi connectivity index (χ0) is 11.7. The molecule has 1 aliphatic heterocycles. The molecule has 1 aromatic heterocycles. The second-order valence-electron chi connectivity index (χ2n) is 4.08. The van der Waals surface area contributed by atoms with Crippen molar-refractivity contribution in [2.24, 2.45) is 12.8 Å². The first-order valence-electron chi connectivity index (χ1n) is 5.26. The van der Waals surface area contributed by atoms with Gasteiger partial charge in [0, 0.05) is 26.2 Å². The Labute approximate surface area is 93.0 Å². The van der Waals surface area contributed by atoms with Crippen LogP contribution >= 0.6 is 0 Å². The van der Waals surface area contributed by atoms with E-state index in [2.05, 4.69) is 5.10 Å². The minimum absolute atomic E-state index is 0.0524. The van der Waals surface area contributed by atoms with E-state index in [4.69, 9.17) is 5.73 Å². The molecule has 2 heterocycles. The molecule has 2 rings (SSSR count). The molecule has 0 spiro atoms. The Morgan fingerprint density at radius 1 is 1.69 bits per heavy atom. The summed E-state index contributed by atoms with van der Waals surface area (Å²) in [5, 5.41) is 14.8. The van der Waals surface area contributed by atoms with Crippen LogP contribution in [0.2, 0.25) is 0 Å². The standard InChI is InChI=1S/C9H15N5O2/c1-12-9(8(5-11-12)14(15)16)13-4-2-3-7(10)6-13/h5,7H,2-4,6,10H2,1H3/t7-/m1/s1. The zero-order valence-electron chi connectivity index (χ0n) is 9.17. The van der Waals surface area contributed by atoms with Crippen LogP contribution in [0.4, 0.5) is 11.5 Å². The Bertz CT molecular complexity index is 403. The van der Waals surface area contributed by atoms with Gasteiger partial charge in [-0.3, -0.25) is 10.1 Å². The highest BCUT2D eigenvalue weighted by Gasteiger charge is 2.27. The fraction of sp³-hybridized carbons (Fsp3) is 0.667. The van der Waals surface area contributed by atoms with Gasteiger partial charge in [-0.25, -0.2) is 4.68 Å². The second-order valence-corrected chi connectivity index (χ2v) is 4.08. The number of nitrogens with zero attached hydrogens (tertiary/aromatic N) is 4. The number of nitrogens with two attached hydrogens (primary N) is 1. The third-order valence-corrected chi connectivity index (χ3v) is 2.84. The lowest BCUT2D eigenvalue weighted by molar-refractivity contribution is -0.384. The molecule has 2 N–H and O–H groups in total. The van der Waals surface area contributed by atoms with E-state index in [1.807, 2.05) is 4.90 Å². The topological polar surface area (TPSA) is 90.2 Å². The zero-order valence-corrected chi connectivity index (χ0v) is 9.17. The van der Waals surface area contributed by atoms with Gasteiger partial charge in [0.05, 0.1) is 4.92 Å². The maximum atomic E-state index is 10.9. The molecule has 7 nitrogen and oxygen atoms in total. The van der Waals surface area contributed by atoms with E-state index in [0.717, 1.165) is 19.4 Å². The fourth-order valence-corrected chi connectivity index (χ4v) is 2.12. The van der Waals surface area contributed by atoms with Crippen LogP contribution in [0.3, 0.4) is 0 Å². The SMILES string of the molecule is Cn1ncc([N+](=O)[O-])c1N1CCC[C@@H](N)C1. The second kappa shape index (κ2) is 4.09. The van der Waals surface area contributed by atoms with E-state index in [1.54, 1.807) is 7.05 Å². The van der Waals surface area contributed by atoms with Crippen molar-refractivity contribution in [1.82, 2.24) is 9.78 Å². The molecule has 0 aromatic carbocycles. The van der Waals surface area contributed by atoms with Crippen LogP contribution in [0.25, 0.3) is 0 Å². The third kappa shape index (κ3) is 1.85. The summed E-state index contributed by atoms with van der Waals surface area (Å²) in [6.07, 6.45) is 3.22. The Morgan fingerprint density at radius 2 is 2.44 bits per heavy atom. The van der Waals surface area contributed by atoms with Crippen LogP contribution in [-0.4, -0.2) is 33.8 Å². The van der Waals surface area contributed by atoms with Crippen LogP contribution in [-0.2, 0) is 7.05 Å². The average molecular weight is 225 g/mol. The molecule has 0 aliphatic carbocycles. The molecule has 0 saturated carbocycles. The number of piperidine rings is 1. The van der Waals surface area contributed by atoms with Crippen molar-refractivity contribution in [3.63, 3.8) is 0 Å². The molecule has 1 atom stereocenters. The fourth-order valence-electron chi connectivity index (χ4n) is 2.12. The smallest absolute Gasteiger partial charge is 0.331 e. The van der Waals surface area contributed by atoms with Crippen molar-refractivity contribution in [3.8, 4) is 0 Å². The van der Waals surface area contributed by atoms with Gasteiger partial charge in [0.2, 0.25) is 5.82 Å². The van der Waals surface area contributed by atoms with Crippen molar-refractivity contribution >= 4 is 11.5 Å². The van der Waals surface area contributed by atoms with E-state index in [9.17, 15) is 10.1 Å². The van der Waals surface area contributed by atoms with Gasteiger partial charge in [0.25, 0.3) is 0 Å². The molecule has 0 bridgehead atoms. The van der Waals surface area contributed by atoms with Crippen LogP contribution in [0, 0.1) is 10.1 Å². The largest absolute Gasteiger partial charge is 0.350 e. The van der Waals surface area contributed by atoms with Gasteiger partial charge in [0.15, 0.2) is 0 Å². The van der Waals surface area contributed by atoms with Crippen molar-refractivity contribution in [2.45, 2.75) is 18.9 Å². The molecule has 0 amide bonds. The first kappa shape index (κ1) is 10.9. The summed E-state index contributed by atoms with van der Waals surface area (Å²) in [5.74, 6) is 0.556. The summed E-state index contributed by atoms with van der Waals surface area (Å²) >= 11 is 0. The minimum Gasteiger partial charge on any atom is -0.350 e. The molecule has 88 valence electrons. The summed E-state index contributed by atoms with van der Waals surface area (Å²) in [6.45, 7) is 1.45. The number of rotatable bonds is 2. The normalized spacial score (nSPS) is 21.1. The number of aromatic nitrogens is 2. The highest BCUT2D eigenvalue weighted by atomic mass is 16.6. The van der Waals surface area contributed by atoms with E-state index >= 15 is 0 Å². The monoisotopic (exact) mass is 225 g/mol. The highest BCUT2D eigenvalue weighted by molar-refractivity contribution is 5.57. The highest BCUT2D eigenvalue weighted by Crippen LogP contribution is 2.28. The van der Waals surface area contributed by atoms with Crippen LogP contribution < -0.4 is 10.6 Å². The number of nitro groups is 1. The Hall–Kier alpha value is -1.63. The summed E-state index contributed by atoms with van der Waals surface area (Å²) < 4.78 is 1.54. The summed E-state index contributed by atoms with van der Waals surface area (Å²) in [4.78, 5) is 12.4. The quantitative estimate of drug-likeness (QED) is 0.575. The number of anilines is 1. The average Bonchev–Trinajstić information content (AvgIpc) is 2.60. The molecule has 1 aromatic rings. The maximum Gasteiger partial charge on any atom is 0.331 e. The van der Waals surface area contributed by atoms with Crippen molar-refractivity contribution < 1.29 is 4.92 Å². The molecular weight excluding hydrogens is 210 g/mol. The van der Waals surface area contributed by atoms with E-state index in [-0.39, 0.29) is 11.7 Å². The predicted molar refractivity (Wildman–Crippen MR) is 59.3 cm³/mol. The molecule has 7 heteroatoms. The molecule has 1 saturated heterocycles. The van der Waals surface area contributed by atoms with Crippen molar-refractivity contribution in [2.75, 3.05) is 18.0 Å². The molecule has 1 fully saturated rings. The van der Waals surface area contributed by atoms with E-state index in [1.165, 1.54) is 10.9 Å². The maximum absolute atomic E-state index is 10.9. The molecule has 16 heavy (non-hydrogen) atoms. The molecule has 1 aliphatic rings. The molecule has 0 radical (unpaired) electrons. The number of hydrogen-bond acceptors (Lipinski definition) is 5. The van der Waals surface area contributed by atoms with Gasteiger partial charge in [-0.2, -0.15) is 5.10 Å². The first-order valence-corrected chi connectivity index (χ1v) is 5.26. The van der Waals surface area contributed by atoms with Crippen molar-refractivity contribution in [1.29, 1.82) is 0 Å². The number of hydrogen-bond donors (Lipinski definition) is 1. The number of aryl methyl sites for hydroxylation is 1. The first-order chi connectivity index (χ1) is 7.59. The third-order valence-electron chi connectivity index (χ3n) is 2.84. The summed E-state index contributed by atoms with van der Waals surface area (Å²) in [7, 11) is 1.71. The van der Waals surface area contributed by atoms with Gasteiger partial charge in [-0.15, -0.1) is 0 Å². The van der Waals surface area contributed by atoms with Crippen LogP contribution in [0.15, 0.2) is 6.20 Å². The lowest BCUT2D eigenvalue weighted by Gasteiger charge is -2.31. The van der Waals surface area contributed by atoms with Gasteiger partial charge < -0.3 is 10.6 Å². The lowest BCUT2D eigenvalue weighted by Crippen LogP contribution is -2.43. The van der Waals surface area contributed by atoms with Crippen LogP contribution in [0.1, 0.15) is 12.8 Å². The summed E-state index contributed by atoms with van der Waals surface area (Å²) in [6, 6.07) is 0.0863. The molecular formula is C9H15N5O2. The minimum atomic E-state index is -0.400. The van der Waals surface area contributed by atoms with Gasteiger partial charge in [-0.05, 0) is 12.8 Å². The van der Waals surface area contributed by atoms with Crippen LogP contribution in [0.5, 0.6) is 0 Å². The Balaban J connectivity index is 2.31. The summed E-state index contributed by atoms with van der Waals surface area (Å²) in [5.41, 5.74) is 5.92. The van der Waals surface area contributed by atoms with Gasteiger partial charge >= 0.3 is 5.69 Å².